The topological polar surface area (TPSA) is 16.6 Å². The van der Waals surface area contributed by atoms with Crippen molar-refractivity contribution < 1.29 is 5.32 Å². The Bertz CT molecular complexity index is 56.9. The molecule has 1 unspecified atom stereocenters. The minimum Gasteiger partial charge on any atom is -0.349 e. The Labute approximate surface area is 63.6 Å². The van der Waals surface area contributed by atoms with Gasteiger partial charge in [0.1, 0.15) is 0 Å². The summed E-state index contributed by atoms with van der Waals surface area (Å²) in [4.78, 5) is 0. The highest BCUT2D eigenvalue weighted by Gasteiger charge is 1.99. The smallest absolute Gasteiger partial charge is 0.0755 e. The lowest BCUT2D eigenvalue weighted by atomic mass is 10.1. The molecule has 0 aromatic heterocycles. The zero-order valence-corrected chi connectivity index (χ0v) is 7.32. The molecule has 0 heterocycles. The summed E-state index contributed by atoms with van der Waals surface area (Å²) in [5.74, 6) is 1.89. The Balaban J connectivity index is 2.95. The summed E-state index contributed by atoms with van der Waals surface area (Å²) in [7, 11) is 2.12. The standard InChI is InChI=1S/C7H17NS/c1-7(4-6-9)3-5-8-2/h7-9H,3-6H2,1-2H3/p+1. The van der Waals surface area contributed by atoms with Crippen LogP contribution in [0.3, 0.4) is 0 Å². The van der Waals surface area contributed by atoms with Gasteiger partial charge in [0.2, 0.25) is 0 Å². The van der Waals surface area contributed by atoms with Crippen molar-refractivity contribution in [1.29, 1.82) is 0 Å². The van der Waals surface area contributed by atoms with Crippen LogP contribution in [0.25, 0.3) is 0 Å². The fraction of sp³-hybridized carbons (Fsp3) is 1.00. The molecule has 2 N–H and O–H groups in total. The van der Waals surface area contributed by atoms with Gasteiger partial charge in [-0.05, 0) is 24.5 Å². The van der Waals surface area contributed by atoms with Crippen LogP contribution in [-0.4, -0.2) is 19.3 Å². The first-order valence-corrected chi connectivity index (χ1v) is 4.33. The minimum absolute atomic E-state index is 0.860. The van der Waals surface area contributed by atoms with E-state index in [0.717, 1.165) is 11.7 Å². The normalized spacial score (nSPS) is 13.7. The Morgan fingerprint density at radius 1 is 1.44 bits per heavy atom. The third-order valence-electron chi connectivity index (χ3n) is 1.57. The van der Waals surface area contributed by atoms with Crippen molar-refractivity contribution in [3.63, 3.8) is 0 Å². The maximum absolute atomic E-state index is 4.17. The number of hydrogen-bond acceptors (Lipinski definition) is 1. The van der Waals surface area contributed by atoms with Gasteiger partial charge in [0.25, 0.3) is 0 Å². The van der Waals surface area contributed by atoms with Gasteiger partial charge in [0.15, 0.2) is 0 Å². The molecule has 9 heavy (non-hydrogen) atoms. The molecular weight excluding hydrogens is 130 g/mol. The molecule has 2 heteroatoms. The summed E-state index contributed by atoms with van der Waals surface area (Å²) in [5, 5.41) is 2.23. The summed E-state index contributed by atoms with van der Waals surface area (Å²) in [5.41, 5.74) is 0. The molecule has 0 fully saturated rings. The predicted molar refractivity (Wildman–Crippen MR) is 45.0 cm³/mol. The van der Waals surface area contributed by atoms with Gasteiger partial charge in [-0.25, -0.2) is 0 Å². The van der Waals surface area contributed by atoms with Crippen LogP contribution in [0.5, 0.6) is 0 Å². The van der Waals surface area contributed by atoms with Crippen molar-refractivity contribution in [2.24, 2.45) is 5.92 Å². The van der Waals surface area contributed by atoms with Crippen molar-refractivity contribution >= 4 is 12.6 Å². The van der Waals surface area contributed by atoms with Crippen LogP contribution in [-0.2, 0) is 0 Å². The maximum atomic E-state index is 4.17. The Morgan fingerprint density at radius 2 is 2.11 bits per heavy atom. The fourth-order valence-corrected chi connectivity index (χ4v) is 1.26. The molecule has 56 valence electrons. The van der Waals surface area contributed by atoms with Gasteiger partial charge in [-0.2, -0.15) is 12.6 Å². The lowest BCUT2D eigenvalue weighted by Gasteiger charge is -2.05. The molecule has 0 saturated heterocycles. The quantitative estimate of drug-likeness (QED) is 0.529. The van der Waals surface area contributed by atoms with E-state index in [1.54, 1.807) is 0 Å². The summed E-state index contributed by atoms with van der Waals surface area (Å²) in [6.45, 7) is 3.55. The van der Waals surface area contributed by atoms with Crippen molar-refractivity contribution in [3.8, 4) is 0 Å². The molecule has 1 atom stereocenters. The predicted octanol–water partition coefficient (Wildman–Crippen LogP) is 0.526. The fourth-order valence-electron chi connectivity index (χ4n) is 0.816. The molecule has 0 aromatic rings. The minimum atomic E-state index is 0.860. The molecule has 0 spiro atoms. The summed E-state index contributed by atoms with van der Waals surface area (Å²) >= 11 is 4.17. The van der Waals surface area contributed by atoms with Crippen LogP contribution in [0.1, 0.15) is 19.8 Å². The SMILES string of the molecule is C[NH2+]CCC(C)CCS. The largest absolute Gasteiger partial charge is 0.349 e. The van der Waals surface area contributed by atoms with E-state index >= 15 is 0 Å². The number of quaternary nitrogens is 1. The van der Waals surface area contributed by atoms with E-state index in [0.29, 0.717) is 0 Å². The van der Waals surface area contributed by atoms with Crippen LogP contribution in [0.2, 0.25) is 0 Å². The first-order chi connectivity index (χ1) is 4.31. The first kappa shape index (κ1) is 9.31. The lowest BCUT2D eigenvalue weighted by Crippen LogP contribution is -2.79. The Kier molecular flexibility index (Phi) is 6.65. The second-order valence-corrected chi connectivity index (χ2v) is 3.05. The van der Waals surface area contributed by atoms with E-state index in [2.05, 4.69) is 31.9 Å². The van der Waals surface area contributed by atoms with E-state index in [4.69, 9.17) is 0 Å². The van der Waals surface area contributed by atoms with Crippen LogP contribution in [0.4, 0.5) is 0 Å². The zero-order chi connectivity index (χ0) is 7.11. The van der Waals surface area contributed by atoms with E-state index in [1.807, 2.05) is 0 Å². The summed E-state index contributed by atoms with van der Waals surface area (Å²) < 4.78 is 0. The molecule has 0 rings (SSSR count). The van der Waals surface area contributed by atoms with Crippen molar-refractivity contribution in [1.82, 2.24) is 0 Å². The number of thiol groups is 1. The van der Waals surface area contributed by atoms with Gasteiger partial charge < -0.3 is 5.32 Å². The molecule has 1 nitrogen and oxygen atoms in total. The third-order valence-corrected chi connectivity index (χ3v) is 1.83. The van der Waals surface area contributed by atoms with Crippen LogP contribution in [0.15, 0.2) is 0 Å². The number of nitrogens with two attached hydrogens (primary N) is 1. The van der Waals surface area contributed by atoms with Crippen molar-refractivity contribution in [3.05, 3.63) is 0 Å². The van der Waals surface area contributed by atoms with Crippen molar-refractivity contribution in [2.45, 2.75) is 19.8 Å². The van der Waals surface area contributed by atoms with Gasteiger partial charge in [-0.3, -0.25) is 0 Å². The van der Waals surface area contributed by atoms with E-state index in [9.17, 15) is 0 Å². The highest BCUT2D eigenvalue weighted by Crippen LogP contribution is 2.05. The Morgan fingerprint density at radius 3 is 2.56 bits per heavy atom. The van der Waals surface area contributed by atoms with Crippen LogP contribution < -0.4 is 5.32 Å². The average molecular weight is 148 g/mol. The molecule has 0 aliphatic heterocycles. The summed E-state index contributed by atoms with van der Waals surface area (Å²) in [6, 6.07) is 0. The summed E-state index contributed by atoms with van der Waals surface area (Å²) in [6.07, 6.45) is 2.59. The molecule has 0 aromatic carbocycles. The van der Waals surface area contributed by atoms with Crippen LogP contribution in [0, 0.1) is 5.92 Å². The first-order valence-electron chi connectivity index (χ1n) is 3.70. The zero-order valence-electron chi connectivity index (χ0n) is 6.43. The number of rotatable bonds is 5. The van der Waals surface area contributed by atoms with E-state index in [-0.39, 0.29) is 0 Å². The third kappa shape index (κ3) is 6.19. The van der Waals surface area contributed by atoms with Gasteiger partial charge >= 0.3 is 0 Å². The molecular formula is C7H18NS+. The van der Waals surface area contributed by atoms with Gasteiger partial charge in [-0.15, -0.1) is 0 Å². The number of hydrogen-bond donors (Lipinski definition) is 2. The molecule has 0 aliphatic carbocycles. The average Bonchev–Trinajstić information content (AvgIpc) is 1.85. The van der Waals surface area contributed by atoms with Gasteiger partial charge in [0, 0.05) is 0 Å². The highest BCUT2D eigenvalue weighted by molar-refractivity contribution is 7.80. The highest BCUT2D eigenvalue weighted by atomic mass is 32.1. The van der Waals surface area contributed by atoms with Crippen molar-refractivity contribution in [2.75, 3.05) is 19.3 Å². The molecule has 0 bridgehead atoms. The lowest BCUT2D eigenvalue weighted by molar-refractivity contribution is -0.627. The second-order valence-electron chi connectivity index (χ2n) is 2.60. The second kappa shape index (κ2) is 6.43. The Hall–Kier alpha value is 0.310. The molecule has 0 radical (unpaired) electrons. The van der Waals surface area contributed by atoms with Crippen LogP contribution >= 0.6 is 12.6 Å². The molecule has 0 amide bonds. The monoisotopic (exact) mass is 148 g/mol. The molecule has 0 aliphatic rings. The van der Waals surface area contributed by atoms with E-state index in [1.165, 1.54) is 19.4 Å². The maximum Gasteiger partial charge on any atom is 0.0755 e. The van der Waals surface area contributed by atoms with E-state index < -0.39 is 0 Å². The van der Waals surface area contributed by atoms with Gasteiger partial charge in [0.05, 0.1) is 13.6 Å². The van der Waals surface area contributed by atoms with Gasteiger partial charge in [-0.1, -0.05) is 6.92 Å². The molecule has 0 saturated carbocycles.